The molecule has 0 radical (unpaired) electrons. The second-order valence-electron chi connectivity index (χ2n) is 7.93. The number of benzene rings is 2. The Morgan fingerprint density at radius 1 is 0.966 bits per heavy atom. The number of alkyl halides is 3. The Labute approximate surface area is 169 Å². The molecule has 2 aromatic rings. The fourth-order valence-electron chi connectivity index (χ4n) is 4.50. The Kier molecular flexibility index (Phi) is 5.63. The minimum Gasteiger partial charge on any atom is -0.334 e. The lowest BCUT2D eigenvalue weighted by Crippen LogP contribution is -2.42. The molecular weight excluding hydrogens is 377 g/mol. The minimum absolute atomic E-state index is 0.0868. The summed E-state index contributed by atoms with van der Waals surface area (Å²) < 4.78 is 41.3. The standard InChI is InChI=1S/C23H25F3N2O/c24-23(25,26)21-15-18(10-11-20(21)17-7-2-1-3-8-17)22(29)28-14-6-9-19(28)16-27-12-4-5-13-27/h1-3,7-8,10-11,15,19H,4-6,9,12-14,16H2/t19-/m0/s1. The smallest absolute Gasteiger partial charge is 0.334 e. The van der Waals surface area contributed by atoms with Crippen LogP contribution >= 0.6 is 0 Å². The van der Waals surface area contributed by atoms with E-state index < -0.39 is 11.7 Å². The zero-order valence-electron chi connectivity index (χ0n) is 16.3. The third-order valence-electron chi connectivity index (χ3n) is 5.96. The van der Waals surface area contributed by atoms with Gasteiger partial charge in [-0.1, -0.05) is 36.4 Å². The van der Waals surface area contributed by atoms with Crippen LogP contribution in [0.3, 0.4) is 0 Å². The summed E-state index contributed by atoms with van der Waals surface area (Å²) in [5.74, 6) is -0.295. The highest BCUT2D eigenvalue weighted by Gasteiger charge is 2.36. The van der Waals surface area contributed by atoms with E-state index in [1.54, 1.807) is 35.2 Å². The fraction of sp³-hybridized carbons (Fsp3) is 0.435. The highest BCUT2D eigenvalue weighted by atomic mass is 19.4. The molecule has 0 unspecified atom stereocenters. The van der Waals surface area contributed by atoms with Crippen molar-refractivity contribution in [1.29, 1.82) is 0 Å². The zero-order chi connectivity index (χ0) is 20.4. The Balaban J connectivity index is 1.61. The molecule has 6 heteroatoms. The van der Waals surface area contributed by atoms with E-state index in [9.17, 15) is 18.0 Å². The summed E-state index contributed by atoms with van der Waals surface area (Å²) in [5, 5.41) is 0. The van der Waals surface area contributed by atoms with Crippen molar-refractivity contribution in [3.05, 3.63) is 59.7 Å². The molecule has 2 fully saturated rings. The summed E-state index contributed by atoms with van der Waals surface area (Å²) in [5.41, 5.74) is -0.0493. The van der Waals surface area contributed by atoms with Gasteiger partial charge < -0.3 is 9.80 Å². The molecule has 0 N–H and O–H groups in total. The van der Waals surface area contributed by atoms with E-state index >= 15 is 0 Å². The summed E-state index contributed by atoms with van der Waals surface area (Å²) in [6, 6.07) is 12.6. The highest BCUT2D eigenvalue weighted by Crippen LogP contribution is 2.38. The van der Waals surface area contributed by atoms with Crippen molar-refractivity contribution in [2.45, 2.75) is 37.9 Å². The van der Waals surface area contributed by atoms with Crippen LogP contribution in [0.4, 0.5) is 13.2 Å². The van der Waals surface area contributed by atoms with E-state index in [1.165, 1.54) is 25.0 Å². The number of likely N-dealkylation sites (tertiary alicyclic amines) is 2. The number of carbonyl (C=O) groups is 1. The normalized spacial score (nSPS) is 20.4. The lowest BCUT2D eigenvalue weighted by Gasteiger charge is -2.29. The number of nitrogens with zero attached hydrogens (tertiary/aromatic N) is 2. The van der Waals surface area contributed by atoms with Gasteiger partial charge in [0.1, 0.15) is 0 Å². The lowest BCUT2D eigenvalue weighted by molar-refractivity contribution is -0.137. The predicted octanol–water partition coefficient (Wildman–Crippen LogP) is 5.07. The molecule has 0 saturated carbocycles. The second kappa shape index (κ2) is 8.19. The van der Waals surface area contributed by atoms with Gasteiger partial charge in [-0.2, -0.15) is 13.2 Å². The summed E-state index contributed by atoms with van der Waals surface area (Å²) in [7, 11) is 0. The van der Waals surface area contributed by atoms with Crippen LogP contribution in [0, 0.1) is 0 Å². The molecular formula is C23H25F3N2O. The maximum atomic E-state index is 13.8. The quantitative estimate of drug-likeness (QED) is 0.713. The topological polar surface area (TPSA) is 23.6 Å². The van der Waals surface area contributed by atoms with E-state index in [-0.39, 0.29) is 23.1 Å². The maximum absolute atomic E-state index is 13.8. The van der Waals surface area contributed by atoms with Gasteiger partial charge in [-0.05, 0) is 62.0 Å². The van der Waals surface area contributed by atoms with Crippen LogP contribution in [-0.4, -0.2) is 47.9 Å². The van der Waals surface area contributed by atoms with Crippen molar-refractivity contribution < 1.29 is 18.0 Å². The van der Waals surface area contributed by atoms with E-state index in [0.29, 0.717) is 12.1 Å². The van der Waals surface area contributed by atoms with Gasteiger partial charge in [-0.15, -0.1) is 0 Å². The molecule has 154 valence electrons. The van der Waals surface area contributed by atoms with Crippen molar-refractivity contribution >= 4 is 5.91 Å². The third kappa shape index (κ3) is 4.32. The molecule has 0 aromatic heterocycles. The molecule has 3 nitrogen and oxygen atoms in total. The molecule has 0 aliphatic carbocycles. The Morgan fingerprint density at radius 2 is 1.69 bits per heavy atom. The number of hydrogen-bond donors (Lipinski definition) is 0. The van der Waals surface area contributed by atoms with Gasteiger partial charge in [-0.25, -0.2) is 0 Å². The minimum atomic E-state index is -4.53. The van der Waals surface area contributed by atoms with Crippen LogP contribution in [0.5, 0.6) is 0 Å². The number of amides is 1. The van der Waals surface area contributed by atoms with Crippen LogP contribution < -0.4 is 0 Å². The van der Waals surface area contributed by atoms with Gasteiger partial charge in [0.25, 0.3) is 5.91 Å². The first kappa shape index (κ1) is 20.0. The van der Waals surface area contributed by atoms with Crippen LogP contribution in [-0.2, 0) is 6.18 Å². The van der Waals surface area contributed by atoms with E-state index in [0.717, 1.165) is 38.5 Å². The van der Waals surface area contributed by atoms with Gasteiger partial charge in [0.15, 0.2) is 0 Å². The molecule has 1 atom stereocenters. The van der Waals surface area contributed by atoms with Crippen molar-refractivity contribution in [3.8, 4) is 11.1 Å². The monoisotopic (exact) mass is 402 g/mol. The molecule has 29 heavy (non-hydrogen) atoms. The molecule has 2 aliphatic heterocycles. The van der Waals surface area contributed by atoms with Gasteiger partial charge in [0, 0.05) is 24.7 Å². The molecule has 2 aliphatic rings. The Bertz CT molecular complexity index is 860. The lowest BCUT2D eigenvalue weighted by atomic mass is 9.96. The molecule has 2 saturated heterocycles. The molecule has 2 heterocycles. The van der Waals surface area contributed by atoms with E-state index in [1.807, 2.05) is 0 Å². The molecule has 1 amide bonds. The number of halogens is 3. The molecule has 2 aromatic carbocycles. The van der Waals surface area contributed by atoms with Gasteiger partial charge >= 0.3 is 6.18 Å². The summed E-state index contributed by atoms with van der Waals surface area (Å²) in [4.78, 5) is 17.2. The van der Waals surface area contributed by atoms with Gasteiger partial charge in [0.2, 0.25) is 0 Å². The first-order valence-electron chi connectivity index (χ1n) is 10.2. The van der Waals surface area contributed by atoms with Crippen LogP contribution in [0.25, 0.3) is 11.1 Å². The number of hydrogen-bond acceptors (Lipinski definition) is 2. The first-order chi connectivity index (χ1) is 13.9. The SMILES string of the molecule is O=C(c1ccc(-c2ccccc2)c(C(F)(F)F)c1)N1CCC[C@H]1CN1CCCC1. The van der Waals surface area contributed by atoms with E-state index in [4.69, 9.17) is 0 Å². The maximum Gasteiger partial charge on any atom is 0.417 e. The molecule has 4 rings (SSSR count). The summed E-state index contributed by atoms with van der Waals surface area (Å²) >= 11 is 0. The van der Waals surface area contributed by atoms with Gasteiger partial charge in [0.05, 0.1) is 5.56 Å². The second-order valence-corrected chi connectivity index (χ2v) is 7.93. The summed E-state index contributed by atoms with van der Waals surface area (Å²) in [6.45, 7) is 3.52. The largest absolute Gasteiger partial charge is 0.417 e. The van der Waals surface area contributed by atoms with E-state index in [2.05, 4.69) is 4.90 Å². The average molecular weight is 402 g/mol. The van der Waals surface area contributed by atoms with Gasteiger partial charge in [-0.3, -0.25) is 4.79 Å². The summed E-state index contributed by atoms with van der Waals surface area (Å²) in [6.07, 6.45) is -0.358. The van der Waals surface area contributed by atoms with Crippen molar-refractivity contribution in [1.82, 2.24) is 9.80 Å². The molecule has 0 spiro atoms. The van der Waals surface area contributed by atoms with Crippen LogP contribution in [0.1, 0.15) is 41.6 Å². The van der Waals surface area contributed by atoms with Crippen LogP contribution in [0.2, 0.25) is 0 Å². The van der Waals surface area contributed by atoms with Crippen molar-refractivity contribution in [3.63, 3.8) is 0 Å². The average Bonchev–Trinajstić information content (AvgIpc) is 3.39. The predicted molar refractivity (Wildman–Crippen MR) is 107 cm³/mol. The van der Waals surface area contributed by atoms with Crippen LogP contribution in [0.15, 0.2) is 48.5 Å². The fourth-order valence-corrected chi connectivity index (χ4v) is 4.50. The first-order valence-corrected chi connectivity index (χ1v) is 10.2. The zero-order valence-corrected chi connectivity index (χ0v) is 16.3. The highest BCUT2D eigenvalue weighted by molar-refractivity contribution is 5.95. The Hall–Kier alpha value is -2.34. The third-order valence-corrected chi connectivity index (χ3v) is 5.96. The van der Waals surface area contributed by atoms with Crippen molar-refractivity contribution in [2.75, 3.05) is 26.2 Å². The number of rotatable bonds is 4. The Morgan fingerprint density at radius 3 is 2.38 bits per heavy atom. The number of carbonyl (C=O) groups excluding carboxylic acids is 1. The molecule has 0 bridgehead atoms. The van der Waals surface area contributed by atoms with Crippen molar-refractivity contribution in [2.24, 2.45) is 0 Å².